The van der Waals surface area contributed by atoms with Crippen LogP contribution in [-0.2, 0) is 4.79 Å². The third kappa shape index (κ3) is 4.36. The Kier molecular flexibility index (Phi) is 5.44. The van der Waals surface area contributed by atoms with Crippen molar-refractivity contribution in [3.8, 4) is 0 Å². The number of nitrogens with one attached hydrogen (secondary N) is 2. The molecule has 0 aliphatic carbocycles. The van der Waals surface area contributed by atoms with Crippen molar-refractivity contribution in [3.05, 3.63) is 29.3 Å². The predicted octanol–water partition coefficient (Wildman–Crippen LogP) is 2.72. The van der Waals surface area contributed by atoms with Gasteiger partial charge in [0.2, 0.25) is 5.91 Å². The number of carbonyl (C=O) groups is 2. The number of piperidine rings is 1. The van der Waals surface area contributed by atoms with Gasteiger partial charge >= 0.3 is 6.03 Å². The molecule has 1 aromatic carbocycles. The summed E-state index contributed by atoms with van der Waals surface area (Å²) in [6, 6.07) is 6.91. The zero-order valence-corrected chi connectivity index (χ0v) is 12.8. The fraction of sp³-hybridized carbons (Fsp3) is 0.467. The molecule has 114 valence electrons. The second-order valence-corrected chi connectivity index (χ2v) is 5.53. The van der Waals surface area contributed by atoms with E-state index in [2.05, 4.69) is 10.6 Å². The van der Waals surface area contributed by atoms with Crippen molar-refractivity contribution < 1.29 is 9.59 Å². The summed E-state index contributed by atoms with van der Waals surface area (Å²) in [5.74, 6) is 0.104. The SMILES string of the molecule is CCNC(=O)C1CCN(C(=O)Nc2cccc(Cl)c2)CC1. The highest BCUT2D eigenvalue weighted by molar-refractivity contribution is 6.30. The first-order valence-corrected chi connectivity index (χ1v) is 7.57. The van der Waals surface area contributed by atoms with Gasteiger partial charge < -0.3 is 15.5 Å². The fourth-order valence-corrected chi connectivity index (χ4v) is 2.62. The molecule has 1 aliphatic rings. The molecule has 1 saturated heterocycles. The third-order valence-corrected chi connectivity index (χ3v) is 3.81. The molecule has 1 aromatic rings. The molecule has 0 radical (unpaired) electrons. The highest BCUT2D eigenvalue weighted by atomic mass is 35.5. The molecule has 6 heteroatoms. The molecule has 1 heterocycles. The van der Waals surface area contributed by atoms with E-state index in [0.717, 1.165) is 0 Å². The van der Waals surface area contributed by atoms with Crippen molar-refractivity contribution in [2.45, 2.75) is 19.8 Å². The molecular weight excluding hydrogens is 290 g/mol. The largest absolute Gasteiger partial charge is 0.356 e. The molecular formula is C15H20ClN3O2. The molecule has 5 nitrogen and oxygen atoms in total. The van der Waals surface area contributed by atoms with Crippen molar-refractivity contribution in [2.24, 2.45) is 5.92 Å². The molecule has 1 fully saturated rings. The van der Waals surface area contributed by atoms with Crippen molar-refractivity contribution in [3.63, 3.8) is 0 Å². The van der Waals surface area contributed by atoms with Crippen LogP contribution in [0.25, 0.3) is 0 Å². The molecule has 21 heavy (non-hydrogen) atoms. The van der Waals surface area contributed by atoms with E-state index in [1.54, 1.807) is 29.2 Å². The van der Waals surface area contributed by atoms with Crippen LogP contribution in [0.2, 0.25) is 5.02 Å². The van der Waals surface area contributed by atoms with Gasteiger partial charge in [-0.1, -0.05) is 17.7 Å². The number of hydrogen-bond donors (Lipinski definition) is 2. The van der Waals surface area contributed by atoms with Gasteiger partial charge in [0.05, 0.1) is 0 Å². The maximum atomic E-state index is 12.2. The Morgan fingerprint density at radius 2 is 2.05 bits per heavy atom. The Hall–Kier alpha value is -1.75. The number of benzene rings is 1. The quantitative estimate of drug-likeness (QED) is 0.902. The number of carbonyl (C=O) groups excluding carboxylic acids is 2. The Morgan fingerprint density at radius 3 is 2.67 bits per heavy atom. The van der Waals surface area contributed by atoms with Gasteiger partial charge in [-0.2, -0.15) is 0 Å². The molecule has 0 saturated carbocycles. The topological polar surface area (TPSA) is 61.4 Å². The van der Waals surface area contributed by atoms with E-state index in [-0.39, 0.29) is 17.9 Å². The summed E-state index contributed by atoms with van der Waals surface area (Å²) in [6.45, 7) is 3.74. The minimum absolute atomic E-state index is 0.0140. The second kappa shape index (κ2) is 7.31. The van der Waals surface area contributed by atoms with E-state index >= 15 is 0 Å². The van der Waals surface area contributed by atoms with Gasteiger partial charge in [-0.05, 0) is 38.0 Å². The standard InChI is InChI=1S/C15H20ClN3O2/c1-2-17-14(20)11-6-8-19(9-7-11)15(21)18-13-5-3-4-12(16)10-13/h3-5,10-11H,2,6-9H2,1H3,(H,17,20)(H,18,21). The number of likely N-dealkylation sites (tertiary alicyclic amines) is 1. The first-order chi connectivity index (χ1) is 10.1. The molecule has 2 N–H and O–H groups in total. The molecule has 1 aliphatic heterocycles. The molecule has 0 atom stereocenters. The van der Waals surface area contributed by atoms with E-state index < -0.39 is 0 Å². The average molecular weight is 310 g/mol. The summed E-state index contributed by atoms with van der Waals surface area (Å²) < 4.78 is 0. The van der Waals surface area contributed by atoms with Crippen LogP contribution in [0.3, 0.4) is 0 Å². The number of anilines is 1. The Morgan fingerprint density at radius 1 is 1.33 bits per heavy atom. The van der Waals surface area contributed by atoms with E-state index in [4.69, 9.17) is 11.6 Å². The average Bonchev–Trinajstić information content (AvgIpc) is 2.47. The van der Waals surface area contributed by atoms with Crippen molar-refractivity contribution in [2.75, 3.05) is 25.0 Å². The van der Waals surface area contributed by atoms with Crippen molar-refractivity contribution in [1.29, 1.82) is 0 Å². The third-order valence-electron chi connectivity index (χ3n) is 3.58. The van der Waals surface area contributed by atoms with Crippen LogP contribution in [0.4, 0.5) is 10.5 Å². The lowest BCUT2D eigenvalue weighted by Crippen LogP contribution is -2.44. The molecule has 2 rings (SSSR count). The van der Waals surface area contributed by atoms with Gasteiger partial charge in [0.1, 0.15) is 0 Å². The van der Waals surface area contributed by atoms with Gasteiger partial charge in [-0.15, -0.1) is 0 Å². The number of halogens is 1. The van der Waals surface area contributed by atoms with Crippen LogP contribution in [0.15, 0.2) is 24.3 Å². The molecule has 0 spiro atoms. The highest BCUT2D eigenvalue weighted by Crippen LogP contribution is 2.19. The zero-order valence-electron chi connectivity index (χ0n) is 12.1. The summed E-state index contributed by atoms with van der Waals surface area (Å²) in [4.78, 5) is 25.6. The van der Waals surface area contributed by atoms with Crippen LogP contribution in [0.5, 0.6) is 0 Å². The van der Waals surface area contributed by atoms with Crippen LogP contribution in [-0.4, -0.2) is 36.5 Å². The van der Waals surface area contributed by atoms with Gasteiger partial charge in [0.15, 0.2) is 0 Å². The van der Waals surface area contributed by atoms with E-state index in [9.17, 15) is 9.59 Å². The summed E-state index contributed by atoms with van der Waals surface area (Å²) in [5.41, 5.74) is 0.679. The van der Waals surface area contributed by atoms with E-state index in [1.807, 2.05) is 6.92 Å². The second-order valence-electron chi connectivity index (χ2n) is 5.10. The minimum Gasteiger partial charge on any atom is -0.356 e. The Balaban J connectivity index is 1.84. The molecule has 0 aromatic heterocycles. The maximum Gasteiger partial charge on any atom is 0.321 e. The van der Waals surface area contributed by atoms with Crippen LogP contribution < -0.4 is 10.6 Å². The summed E-state index contributed by atoms with van der Waals surface area (Å²) in [6.07, 6.45) is 1.41. The number of rotatable bonds is 3. The first kappa shape index (κ1) is 15.6. The minimum atomic E-state index is -0.147. The summed E-state index contributed by atoms with van der Waals surface area (Å²) in [7, 11) is 0. The van der Waals surface area contributed by atoms with Gasteiger partial charge in [0.25, 0.3) is 0 Å². The van der Waals surface area contributed by atoms with Gasteiger partial charge in [0, 0.05) is 36.3 Å². The number of nitrogens with zero attached hydrogens (tertiary/aromatic N) is 1. The van der Waals surface area contributed by atoms with Crippen LogP contribution in [0.1, 0.15) is 19.8 Å². The molecule has 0 unspecified atom stereocenters. The summed E-state index contributed by atoms with van der Waals surface area (Å²) >= 11 is 5.89. The number of urea groups is 1. The monoisotopic (exact) mass is 309 g/mol. The number of amides is 3. The zero-order chi connectivity index (χ0) is 15.2. The molecule has 3 amide bonds. The Bertz CT molecular complexity index is 513. The maximum absolute atomic E-state index is 12.2. The smallest absolute Gasteiger partial charge is 0.321 e. The lowest BCUT2D eigenvalue weighted by molar-refractivity contribution is -0.126. The Labute approximate surface area is 129 Å². The van der Waals surface area contributed by atoms with E-state index in [1.165, 1.54) is 0 Å². The van der Waals surface area contributed by atoms with Crippen LogP contribution >= 0.6 is 11.6 Å². The van der Waals surface area contributed by atoms with E-state index in [0.29, 0.717) is 43.2 Å². The molecule has 0 bridgehead atoms. The summed E-state index contributed by atoms with van der Waals surface area (Å²) in [5, 5.41) is 6.24. The number of hydrogen-bond acceptors (Lipinski definition) is 2. The normalized spacial score (nSPS) is 15.6. The fourth-order valence-electron chi connectivity index (χ4n) is 2.43. The van der Waals surface area contributed by atoms with Crippen molar-refractivity contribution >= 4 is 29.2 Å². The predicted molar refractivity (Wildman–Crippen MR) is 83.5 cm³/mol. The lowest BCUT2D eigenvalue weighted by atomic mass is 9.96. The van der Waals surface area contributed by atoms with Gasteiger partial charge in [-0.25, -0.2) is 4.79 Å². The lowest BCUT2D eigenvalue weighted by Gasteiger charge is -2.31. The first-order valence-electron chi connectivity index (χ1n) is 7.19. The highest BCUT2D eigenvalue weighted by Gasteiger charge is 2.26. The van der Waals surface area contributed by atoms with Crippen molar-refractivity contribution in [1.82, 2.24) is 10.2 Å². The van der Waals surface area contributed by atoms with Crippen LogP contribution in [0, 0.1) is 5.92 Å². The van der Waals surface area contributed by atoms with Gasteiger partial charge in [-0.3, -0.25) is 4.79 Å².